The second-order valence-electron chi connectivity index (χ2n) is 12.1. The van der Waals surface area contributed by atoms with Crippen molar-refractivity contribution < 1.29 is 42.6 Å². The normalized spacial score (nSPS) is 33.9. The van der Waals surface area contributed by atoms with Crippen LogP contribution in [0.1, 0.15) is 48.2 Å². The largest absolute Gasteiger partial charge is 0.507 e. The van der Waals surface area contributed by atoms with Crippen LogP contribution < -0.4 is 10.5 Å². The van der Waals surface area contributed by atoms with E-state index in [1.807, 2.05) is 0 Å². The molecule has 3 aliphatic rings. The highest BCUT2D eigenvalue weighted by atomic mass is 32.2. The van der Waals surface area contributed by atoms with E-state index in [0.29, 0.717) is 24.0 Å². The summed E-state index contributed by atoms with van der Waals surface area (Å²) in [6.45, 7) is 3.29. The highest BCUT2D eigenvalue weighted by Gasteiger charge is 2.76. The van der Waals surface area contributed by atoms with Gasteiger partial charge >= 0.3 is 0 Å². The van der Waals surface area contributed by atoms with Gasteiger partial charge in [0.1, 0.15) is 5.75 Å². The van der Waals surface area contributed by atoms with Crippen molar-refractivity contribution in [2.75, 3.05) is 26.9 Å². The average molecular weight is 578 g/mol. The number of hydrogen-bond acceptors (Lipinski definition) is 10. The number of nitrogens with one attached hydrogen (secondary N) is 1. The second-order valence-corrected chi connectivity index (χ2v) is 14.0. The van der Waals surface area contributed by atoms with Crippen molar-refractivity contribution in [1.29, 1.82) is 0 Å². The van der Waals surface area contributed by atoms with Gasteiger partial charge < -0.3 is 15.9 Å². The molecule has 0 aromatic heterocycles. The average Bonchev–Trinajstić information content (AvgIpc) is 2.79. The number of primary amides is 1. The number of phenolic OH excluding ortho intramolecular Hbond substituents is 1. The van der Waals surface area contributed by atoms with Crippen LogP contribution in [0, 0.1) is 22.7 Å². The van der Waals surface area contributed by atoms with Crippen LogP contribution in [0.25, 0.3) is 0 Å². The van der Waals surface area contributed by atoms with Gasteiger partial charge in [0, 0.05) is 12.0 Å². The van der Waals surface area contributed by atoms with Gasteiger partial charge in [0.05, 0.1) is 23.8 Å². The van der Waals surface area contributed by atoms with Gasteiger partial charge in [-0.3, -0.25) is 28.9 Å². The minimum absolute atomic E-state index is 0.0912. The molecule has 13 heteroatoms. The van der Waals surface area contributed by atoms with E-state index in [-0.39, 0.29) is 30.7 Å². The van der Waals surface area contributed by atoms with Gasteiger partial charge in [-0.2, -0.15) is 0 Å². The van der Waals surface area contributed by atoms with Crippen LogP contribution in [0.3, 0.4) is 0 Å². The van der Waals surface area contributed by atoms with Crippen molar-refractivity contribution in [2.24, 2.45) is 28.4 Å². The fraction of sp³-hybridized carbons (Fsp3) is 0.593. The Balaban J connectivity index is 1.84. The minimum atomic E-state index is -3.39. The lowest BCUT2D eigenvalue weighted by Crippen LogP contribution is -2.79. The molecule has 0 aliphatic heterocycles. The smallest absolute Gasteiger partial charge is 0.235 e. The first kappa shape index (κ1) is 30.0. The van der Waals surface area contributed by atoms with Gasteiger partial charge in [-0.1, -0.05) is 19.9 Å². The Morgan fingerprint density at radius 3 is 2.33 bits per heavy atom. The molecule has 4 rings (SSSR count). The Morgan fingerprint density at radius 2 is 1.77 bits per heavy atom. The first-order valence-electron chi connectivity index (χ1n) is 12.9. The van der Waals surface area contributed by atoms with E-state index in [2.05, 4.69) is 4.72 Å². The number of likely N-dealkylation sites (N-methyl/N-ethyl adjacent to an activating group) is 1. The molecule has 12 nitrogen and oxygen atoms in total. The Morgan fingerprint density at radius 1 is 1.15 bits per heavy atom. The first-order valence-corrected chi connectivity index (χ1v) is 14.8. The van der Waals surface area contributed by atoms with E-state index in [0.717, 1.165) is 6.26 Å². The standard InChI is InChI=1S/C27H35N3O9S/c1-25-11-14-13(7-6-10-29-40(5,38)39)8-9-15(31)16(14)19(32)18(25)23(35)27(37)22(34)17(24(28)36)20(33)21(30(3)4)26(27,2)12-25/h8-9,17-18,21,29,31,37H,6-7,10-12H2,1-5H3,(H2,28,36)/t17?,18?,21-,25+,26+,27-/m1/s1. The summed E-state index contributed by atoms with van der Waals surface area (Å²) in [5.41, 5.74) is 0.753. The number of phenols is 1. The van der Waals surface area contributed by atoms with Crippen LogP contribution in [0.15, 0.2) is 12.1 Å². The first-order chi connectivity index (χ1) is 18.3. The molecule has 40 heavy (non-hydrogen) atoms. The number of carbonyl (C=O) groups excluding carboxylic acids is 5. The van der Waals surface area contributed by atoms with Gasteiger partial charge in [-0.15, -0.1) is 0 Å². The van der Waals surface area contributed by atoms with E-state index >= 15 is 0 Å². The zero-order valence-electron chi connectivity index (χ0n) is 23.1. The molecule has 0 spiro atoms. The number of aromatic hydroxyl groups is 1. The monoisotopic (exact) mass is 577 g/mol. The van der Waals surface area contributed by atoms with Crippen LogP contribution in [-0.4, -0.2) is 91.1 Å². The lowest BCUT2D eigenvalue weighted by Gasteiger charge is -2.61. The molecule has 1 aromatic carbocycles. The lowest BCUT2D eigenvalue weighted by molar-refractivity contribution is -0.203. The number of ketones is 4. The van der Waals surface area contributed by atoms with E-state index in [9.17, 15) is 42.6 Å². The lowest BCUT2D eigenvalue weighted by atomic mass is 9.42. The molecule has 0 bridgehead atoms. The fourth-order valence-electron chi connectivity index (χ4n) is 7.55. The van der Waals surface area contributed by atoms with Gasteiger partial charge in [0.25, 0.3) is 0 Å². The Hall–Kier alpha value is -3.00. The number of aliphatic hydroxyl groups is 1. The summed E-state index contributed by atoms with van der Waals surface area (Å²) in [5.74, 6) is -9.25. The third kappa shape index (κ3) is 4.21. The number of carbonyl (C=O) groups is 5. The number of Topliss-reactive ketones (excluding diaryl/α,β-unsaturated/α-hetero) is 4. The van der Waals surface area contributed by atoms with Crippen LogP contribution in [0.5, 0.6) is 5.75 Å². The molecular weight excluding hydrogens is 542 g/mol. The van der Waals surface area contributed by atoms with E-state index < -0.39 is 73.4 Å². The molecule has 1 amide bonds. The number of sulfonamides is 1. The van der Waals surface area contributed by atoms with Gasteiger partial charge in [0.2, 0.25) is 15.9 Å². The number of hydrogen-bond donors (Lipinski definition) is 4. The molecule has 3 aliphatic carbocycles. The summed E-state index contributed by atoms with van der Waals surface area (Å²) in [6, 6.07) is 1.72. The zero-order chi connectivity index (χ0) is 30.2. The predicted molar refractivity (Wildman–Crippen MR) is 142 cm³/mol. The SMILES string of the molecule is CN(C)[C@@H]1C(=O)C(C(N)=O)C(=O)[C@@]2(O)C(=O)C3C(=O)c4c(O)ccc(CCCNS(C)(=O)=O)c4C[C@@]3(C)C[C@@]12C. The summed E-state index contributed by atoms with van der Waals surface area (Å²) in [7, 11) is -0.330. The molecule has 2 unspecified atom stereocenters. The number of amides is 1. The molecule has 0 saturated heterocycles. The Kier molecular flexibility index (Phi) is 7.15. The molecule has 2 fully saturated rings. The van der Waals surface area contributed by atoms with Crippen molar-refractivity contribution >= 4 is 39.1 Å². The van der Waals surface area contributed by atoms with Gasteiger partial charge in [-0.05, 0) is 62.4 Å². The van der Waals surface area contributed by atoms with Crippen molar-refractivity contribution in [2.45, 2.75) is 51.2 Å². The fourth-order valence-corrected chi connectivity index (χ4v) is 8.07. The molecule has 0 heterocycles. The van der Waals surface area contributed by atoms with E-state index in [1.54, 1.807) is 13.0 Å². The molecule has 218 valence electrons. The van der Waals surface area contributed by atoms with Crippen molar-refractivity contribution in [3.63, 3.8) is 0 Å². The quantitative estimate of drug-likeness (QED) is 0.233. The maximum absolute atomic E-state index is 14.2. The highest BCUT2D eigenvalue weighted by Crippen LogP contribution is 2.61. The van der Waals surface area contributed by atoms with Crippen molar-refractivity contribution in [3.8, 4) is 5.75 Å². The van der Waals surface area contributed by atoms with Gasteiger partial charge in [0.15, 0.2) is 34.7 Å². The number of nitrogens with zero attached hydrogens (tertiary/aromatic N) is 1. The van der Waals surface area contributed by atoms with Crippen LogP contribution in [0.2, 0.25) is 0 Å². The summed E-state index contributed by atoms with van der Waals surface area (Å²) in [6.07, 6.45) is 1.82. The highest BCUT2D eigenvalue weighted by molar-refractivity contribution is 7.88. The molecule has 5 N–H and O–H groups in total. The molecule has 0 radical (unpaired) electrons. The summed E-state index contributed by atoms with van der Waals surface area (Å²) in [5, 5.41) is 22.6. The van der Waals surface area contributed by atoms with Crippen LogP contribution in [-0.2, 0) is 42.0 Å². The predicted octanol–water partition coefficient (Wildman–Crippen LogP) is -0.871. The third-order valence-corrected chi connectivity index (χ3v) is 9.68. The molecule has 2 saturated carbocycles. The number of benzene rings is 1. The van der Waals surface area contributed by atoms with E-state index in [1.165, 1.54) is 32.0 Å². The van der Waals surface area contributed by atoms with Gasteiger partial charge in [-0.25, -0.2) is 13.1 Å². The Labute approximate surface area is 232 Å². The minimum Gasteiger partial charge on any atom is -0.507 e. The number of aryl methyl sites for hydroxylation is 1. The second kappa shape index (κ2) is 9.54. The summed E-state index contributed by atoms with van der Waals surface area (Å²) >= 11 is 0. The zero-order valence-corrected chi connectivity index (χ0v) is 23.9. The van der Waals surface area contributed by atoms with Crippen molar-refractivity contribution in [1.82, 2.24) is 9.62 Å². The van der Waals surface area contributed by atoms with E-state index in [4.69, 9.17) is 5.73 Å². The molecule has 6 atom stereocenters. The maximum Gasteiger partial charge on any atom is 0.235 e. The number of nitrogens with two attached hydrogens (primary N) is 1. The summed E-state index contributed by atoms with van der Waals surface area (Å²) in [4.78, 5) is 68.8. The Bertz CT molecular complexity index is 1450. The van der Waals surface area contributed by atoms with Crippen molar-refractivity contribution in [3.05, 3.63) is 28.8 Å². The number of rotatable bonds is 7. The topological polar surface area (TPSA) is 201 Å². The van der Waals surface area contributed by atoms with Crippen LogP contribution in [0.4, 0.5) is 0 Å². The summed E-state index contributed by atoms with van der Waals surface area (Å²) < 4.78 is 25.3. The van der Waals surface area contributed by atoms with Crippen LogP contribution >= 0.6 is 0 Å². The molecular formula is C27H35N3O9S. The molecule has 1 aromatic rings. The maximum atomic E-state index is 14.2. The third-order valence-electron chi connectivity index (χ3n) is 8.95. The number of fused-ring (bicyclic) bond motifs is 3.